The van der Waals surface area contributed by atoms with Gasteiger partial charge in [0.2, 0.25) is 0 Å². The molecule has 0 amide bonds. The fourth-order valence-corrected chi connectivity index (χ4v) is 2.63. The van der Waals surface area contributed by atoms with Crippen LogP contribution in [0, 0.1) is 0 Å². The van der Waals surface area contributed by atoms with Crippen LogP contribution in [0.2, 0.25) is 5.02 Å². The predicted molar refractivity (Wildman–Crippen MR) is 71.5 cm³/mol. The Kier molecular flexibility index (Phi) is 2.63. The number of nitrogens with one attached hydrogen (secondary N) is 1. The number of halogens is 1. The molecule has 0 fully saturated rings. The lowest BCUT2D eigenvalue weighted by molar-refractivity contribution is 0.809. The van der Waals surface area contributed by atoms with Gasteiger partial charge in [0, 0.05) is 5.02 Å². The summed E-state index contributed by atoms with van der Waals surface area (Å²) in [6, 6.07) is 7.36. The van der Waals surface area contributed by atoms with E-state index < -0.39 is 0 Å². The molecule has 0 spiro atoms. The Morgan fingerprint density at radius 1 is 1.35 bits per heavy atom. The molecule has 86 valence electrons. The van der Waals surface area contributed by atoms with Crippen LogP contribution in [0.4, 0.5) is 0 Å². The lowest BCUT2D eigenvalue weighted by Crippen LogP contribution is -2.12. The number of H-pyrrole nitrogens is 1. The zero-order valence-electron chi connectivity index (χ0n) is 8.85. The number of aromatic nitrogens is 2. The monoisotopic (exact) mass is 263 g/mol. The van der Waals surface area contributed by atoms with Crippen molar-refractivity contribution in [3.63, 3.8) is 0 Å². The molecule has 5 heteroatoms. The number of hydrogen-bond donors (Lipinski definition) is 2. The summed E-state index contributed by atoms with van der Waals surface area (Å²) < 4.78 is 0. The quantitative estimate of drug-likeness (QED) is 0.745. The Labute approximate surface area is 107 Å². The van der Waals surface area contributed by atoms with E-state index in [4.69, 9.17) is 17.3 Å². The molecule has 0 radical (unpaired) electrons. The first-order valence-corrected chi connectivity index (χ1v) is 6.49. The number of thiophene rings is 1. The van der Waals surface area contributed by atoms with Crippen molar-refractivity contribution >= 4 is 34.0 Å². The van der Waals surface area contributed by atoms with E-state index in [-0.39, 0.29) is 6.04 Å². The molecule has 0 aliphatic carbocycles. The Morgan fingerprint density at radius 3 is 3.00 bits per heavy atom. The zero-order valence-corrected chi connectivity index (χ0v) is 10.4. The lowest BCUT2D eigenvalue weighted by Gasteiger charge is -2.05. The van der Waals surface area contributed by atoms with E-state index in [0.717, 1.165) is 22.4 Å². The van der Waals surface area contributed by atoms with Gasteiger partial charge in [0.15, 0.2) is 0 Å². The fourth-order valence-electron chi connectivity index (χ4n) is 1.76. The van der Waals surface area contributed by atoms with Crippen molar-refractivity contribution in [3.05, 3.63) is 51.4 Å². The Hall–Kier alpha value is -1.36. The third-order valence-electron chi connectivity index (χ3n) is 2.66. The van der Waals surface area contributed by atoms with E-state index in [0.29, 0.717) is 5.02 Å². The van der Waals surface area contributed by atoms with E-state index in [9.17, 15) is 0 Å². The van der Waals surface area contributed by atoms with Crippen molar-refractivity contribution in [2.75, 3.05) is 0 Å². The van der Waals surface area contributed by atoms with Gasteiger partial charge in [-0.2, -0.15) is 11.3 Å². The highest BCUT2D eigenvalue weighted by Crippen LogP contribution is 2.23. The predicted octanol–water partition coefficient (Wildman–Crippen LogP) is 3.33. The van der Waals surface area contributed by atoms with Crippen LogP contribution in [0.1, 0.15) is 17.4 Å². The summed E-state index contributed by atoms with van der Waals surface area (Å²) in [7, 11) is 0. The van der Waals surface area contributed by atoms with Gasteiger partial charge in [0.05, 0.1) is 17.1 Å². The molecule has 17 heavy (non-hydrogen) atoms. The van der Waals surface area contributed by atoms with Gasteiger partial charge in [-0.3, -0.25) is 0 Å². The van der Waals surface area contributed by atoms with Gasteiger partial charge in [0.25, 0.3) is 0 Å². The molecule has 0 aliphatic rings. The summed E-state index contributed by atoms with van der Waals surface area (Å²) >= 11 is 7.56. The van der Waals surface area contributed by atoms with Crippen LogP contribution in [0.3, 0.4) is 0 Å². The SMILES string of the molecule is NC(c1ccsc1)c1nc2ccc(Cl)cc2[nH]1. The molecule has 1 unspecified atom stereocenters. The number of benzene rings is 1. The van der Waals surface area contributed by atoms with Crippen LogP contribution < -0.4 is 5.73 Å². The maximum Gasteiger partial charge on any atom is 0.128 e. The average molecular weight is 264 g/mol. The number of hydrogen-bond acceptors (Lipinski definition) is 3. The summed E-state index contributed by atoms with van der Waals surface area (Å²) in [4.78, 5) is 7.68. The maximum atomic E-state index is 6.14. The lowest BCUT2D eigenvalue weighted by atomic mass is 10.1. The Morgan fingerprint density at radius 2 is 2.24 bits per heavy atom. The average Bonchev–Trinajstić information content (AvgIpc) is 2.96. The highest BCUT2D eigenvalue weighted by Gasteiger charge is 2.13. The highest BCUT2D eigenvalue weighted by molar-refractivity contribution is 7.08. The van der Waals surface area contributed by atoms with Gasteiger partial charge in [-0.1, -0.05) is 11.6 Å². The first-order chi connectivity index (χ1) is 8.24. The van der Waals surface area contributed by atoms with Gasteiger partial charge in [-0.05, 0) is 40.6 Å². The molecule has 3 rings (SSSR count). The number of nitrogens with two attached hydrogens (primary N) is 1. The molecule has 0 saturated heterocycles. The number of nitrogens with zero attached hydrogens (tertiary/aromatic N) is 1. The highest BCUT2D eigenvalue weighted by atomic mass is 35.5. The molecule has 3 N–H and O–H groups in total. The fraction of sp³-hybridized carbons (Fsp3) is 0.0833. The van der Waals surface area contributed by atoms with E-state index in [1.54, 1.807) is 11.3 Å². The van der Waals surface area contributed by atoms with Crippen molar-refractivity contribution in [3.8, 4) is 0 Å². The molecule has 3 nitrogen and oxygen atoms in total. The summed E-state index contributed by atoms with van der Waals surface area (Å²) in [5.74, 6) is 0.765. The van der Waals surface area contributed by atoms with Crippen molar-refractivity contribution in [1.82, 2.24) is 9.97 Å². The Balaban J connectivity index is 2.06. The summed E-state index contributed by atoms with van der Waals surface area (Å²) in [6.45, 7) is 0. The number of imidazole rings is 1. The molecule has 1 aromatic carbocycles. The summed E-state index contributed by atoms with van der Waals surface area (Å²) in [6.07, 6.45) is 0. The number of rotatable bonds is 2. The second-order valence-electron chi connectivity index (χ2n) is 3.82. The van der Waals surface area contributed by atoms with Gasteiger partial charge in [-0.15, -0.1) is 0 Å². The molecular weight excluding hydrogens is 254 g/mol. The minimum Gasteiger partial charge on any atom is -0.340 e. The molecular formula is C12H10ClN3S. The first-order valence-electron chi connectivity index (χ1n) is 5.17. The number of fused-ring (bicyclic) bond motifs is 1. The Bertz CT molecular complexity index is 645. The van der Waals surface area contributed by atoms with Crippen molar-refractivity contribution in [2.45, 2.75) is 6.04 Å². The van der Waals surface area contributed by atoms with Crippen molar-refractivity contribution in [1.29, 1.82) is 0 Å². The molecule has 2 heterocycles. The second-order valence-corrected chi connectivity index (χ2v) is 5.03. The minimum atomic E-state index is -0.215. The van der Waals surface area contributed by atoms with E-state index in [1.807, 2.05) is 35.0 Å². The van der Waals surface area contributed by atoms with Gasteiger partial charge in [0.1, 0.15) is 5.82 Å². The van der Waals surface area contributed by atoms with Gasteiger partial charge in [-0.25, -0.2) is 4.98 Å². The van der Waals surface area contributed by atoms with Crippen LogP contribution in [-0.4, -0.2) is 9.97 Å². The molecule has 2 aromatic heterocycles. The standard InChI is InChI=1S/C12H10ClN3S/c13-8-1-2-9-10(5-8)16-12(15-9)11(14)7-3-4-17-6-7/h1-6,11H,14H2,(H,15,16). The molecule has 1 atom stereocenters. The molecule has 0 aliphatic heterocycles. The normalized spacial score (nSPS) is 13.1. The third kappa shape index (κ3) is 1.95. The van der Waals surface area contributed by atoms with Crippen molar-refractivity contribution < 1.29 is 0 Å². The molecule has 0 bridgehead atoms. The van der Waals surface area contributed by atoms with Crippen LogP contribution in [0.25, 0.3) is 11.0 Å². The van der Waals surface area contributed by atoms with Crippen LogP contribution in [-0.2, 0) is 0 Å². The second kappa shape index (κ2) is 4.14. The van der Waals surface area contributed by atoms with E-state index in [1.165, 1.54) is 0 Å². The zero-order chi connectivity index (χ0) is 11.8. The van der Waals surface area contributed by atoms with E-state index >= 15 is 0 Å². The third-order valence-corrected chi connectivity index (χ3v) is 3.60. The summed E-state index contributed by atoms with van der Waals surface area (Å²) in [5.41, 5.74) is 9.01. The minimum absolute atomic E-state index is 0.215. The topological polar surface area (TPSA) is 54.7 Å². The first kappa shape index (κ1) is 10.8. The number of aromatic amines is 1. The largest absolute Gasteiger partial charge is 0.340 e. The molecule has 3 aromatic rings. The van der Waals surface area contributed by atoms with Crippen LogP contribution >= 0.6 is 22.9 Å². The molecule has 0 saturated carbocycles. The van der Waals surface area contributed by atoms with Gasteiger partial charge >= 0.3 is 0 Å². The van der Waals surface area contributed by atoms with Crippen molar-refractivity contribution in [2.24, 2.45) is 5.73 Å². The maximum absolute atomic E-state index is 6.14. The smallest absolute Gasteiger partial charge is 0.128 e. The van der Waals surface area contributed by atoms with Crippen LogP contribution in [0.5, 0.6) is 0 Å². The summed E-state index contributed by atoms with van der Waals surface area (Å²) in [5, 5.41) is 4.73. The van der Waals surface area contributed by atoms with E-state index in [2.05, 4.69) is 9.97 Å². The van der Waals surface area contributed by atoms with Crippen LogP contribution in [0.15, 0.2) is 35.0 Å². The van der Waals surface area contributed by atoms with Gasteiger partial charge < -0.3 is 10.7 Å².